The number of piperidine rings is 1. The highest BCUT2D eigenvalue weighted by Crippen LogP contribution is 2.39. The van der Waals surface area contributed by atoms with Gasteiger partial charge in [-0.2, -0.15) is 13.2 Å². The zero-order chi connectivity index (χ0) is 25.3. The zero-order valence-corrected chi connectivity index (χ0v) is 21.0. The number of amides is 1. The SMILES string of the molecule is O=C(c1ccc(CSc2ccc(Cl)cc2)cc1)N1C2CCC1CC(Oc1cccc(C(F)(F)F)c1)C2. The van der Waals surface area contributed by atoms with E-state index in [-0.39, 0.29) is 29.8 Å². The van der Waals surface area contributed by atoms with Crippen molar-refractivity contribution in [2.24, 2.45) is 0 Å². The molecule has 2 aliphatic heterocycles. The third kappa shape index (κ3) is 5.68. The molecule has 0 aromatic heterocycles. The monoisotopic (exact) mass is 531 g/mol. The second-order valence-electron chi connectivity index (χ2n) is 9.27. The Labute approximate surface area is 217 Å². The summed E-state index contributed by atoms with van der Waals surface area (Å²) in [6.45, 7) is 0. The maximum Gasteiger partial charge on any atom is 0.416 e. The number of fused-ring (bicyclic) bond motifs is 2. The number of hydrogen-bond donors (Lipinski definition) is 0. The summed E-state index contributed by atoms with van der Waals surface area (Å²) in [6, 6.07) is 20.5. The van der Waals surface area contributed by atoms with Crippen molar-refractivity contribution >= 4 is 29.3 Å². The van der Waals surface area contributed by atoms with E-state index in [1.807, 2.05) is 53.4 Å². The lowest BCUT2D eigenvalue weighted by molar-refractivity contribution is -0.137. The molecule has 36 heavy (non-hydrogen) atoms. The molecule has 2 unspecified atom stereocenters. The predicted molar refractivity (Wildman–Crippen MR) is 136 cm³/mol. The van der Waals surface area contributed by atoms with E-state index in [0.29, 0.717) is 23.4 Å². The molecular weight excluding hydrogens is 507 g/mol. The van der Waals surface area contributed by atoms with Gasteiger partial charge in [0.25, 0.3) is 5.91 Å². The fourth-order valence-electron chi connectivity index (χ4n) is 5.08. The summed E-state index contributed by atoms with van der Waals surface area (Å²) in [4.78, 5) is 16.4. The van der Waals surface area contributed by atoms with Gasteiger partial charge in [0.05, 0.1) is 5.56 Å². The summed E-state index contributed by atoms with van der Waals surface area (Å²) >= 11 is 7.65. The molecule has 2 aliphatic rings. The molecule has 2 saturated heterocycles. The molecule has 1 amide bonds. The molecular formula is C28H25ClF3NO2S. The van der Waals surface area contributed by atoms with Crippen LogP contribution < -0.4 is 4.74 Å². The zero-order valence-electron chi connectivity index (χ0n) is 19.4. The number of halogens is 4. The number of hydrogen-bond acceptors (Lipinski definition) is 3. The number of thioether (sulfide) groups is 1. The Balaban J connectivity index is 1.19. The summed E-state index contributed by atoms with van der Waals surface area (Å²) in [7, 11) is 0. The quantitative estimate of drug-likeness (QED) is 0.303. The van der Waals surface area contributed by atoms with E-state index in [1.165, 1.54) is 6.07 Å². The Morgan fingerprint density at radius 3 is 2.28 bits per heavy atom. The molecule has 3 aromatic rings. The first-order valence-electron chi connectivity index (χ1n) is 11.9. The Morgan fingerprint density at radius 2 is 1.64 bits per heavy atom. The van der Waals surface area contributed by atoms with Crippen molar-refractivity contribution < 1.29 is 22.7 Å². The minimum Gasteiger partial charge on any atom is -0.490 e. The number of carbonyl (C=O) groups excluding carboxylic acids is 1. The van der Waals surface area contributed by atoms with Crippen molar-refractivity contribution in [2.45, 2.75) is 60.7 Å². The van der Waals surface area contributed by atoms with Crippen LogP contribution in [-0.2, 0) is 11.9 Å². The van der Waals surface area contributed by atoms with Crippen LogP contribution in [0.2, 0.25) is 5.02 Å². The van der Waals surface area contributed by atoms with Gasteiger partial charge in [-0.3, -0.25) is 4.79 Å². The lowest BCUT2D eigenvalue weighted by atomic mass is 9.98. The van der Waals surface area contributed by atoms with E-state index in [2.05, 4.69) is 0 Å². The largest absolute Gasteiger partial charge is 0.490 e. The molecule has 8 heteroatoms. The molecule has 2 atom stereocenters. The van der Waals surface area contributed by atoms with Crippen LogP contribution in [0.15, 0.2) is 77.7 Å². The molecule has 0 spiro atoms. The van der Waals surface area contributed by atoms with Gasteiger partial charge >= 0.3 is 6.18 Å². The molecule has 0 saturated carbocycles. The van der Waals surface area contributed by atoms with Gasteiger partial charge in [0.2, 0.25) is 0 Å². The fraction of sp³-hybridized carbons (Fsp3) is 0.321. The average molecular weight is 532 g/mol. The maximum atomic E-state index is 13.3. The average Bonchev–Trinajstić information content (AvgIpc) is 3.13. The van der Waals surface area contributed by atoms with Gasteiger partial charge in [0.1, 0.15) is 11.9 Å². The molecule has 0 N–H and O–H groups in total. The van der Waals surface area contributed by atoms with Crippen LogP contribution in [0.5, 0.6) is 5.75 Å². The molecule has 0 radical (unpaired) electrons. The smallest absolute Gasteiger partial charge is 0.416 e. The summed E-state index contributed by atoms with van der Waals surface area (Å²) in [5, 5.41) is 0.711. The molecule has 188 valence electrons. The van der Waals surface area contributed by atoms with Crippen molar-refractivity contribution in [1.82, 2.24) is 4.90 Å². The standard InChI is InChI=1S/C28H25ClF3NO2S/c29-21-8-12-26(13-9-21)36-17-18-4-6-19(7-5-18)27(34)33-22-10-11-23(33)16-25(15-22)35-24-3-1-2-20(14-24)28(30,31)32/h1-9,12-14,22-23,25H,10-11,15-17H2. The van der Waals surface area contributed by atoms with Gasteiger partial charge in [-0.1, -0.05) is 29.8 Å². The molecule has 5 rings (SSSR count). The van der Waals surface area contributed by atoms with Gasteiger partial charge in [0, 0.05) is 46.2 Å². The van der Waals surface area contributed by atoms with Crippen LogP contribution in [0, 0.1) is 0 Å². The number of rotatable bonds is 6. The van der Waals surface area contributed by atoms with Gasteiger partial charge in [-0.05, 0) is 73.0 Å². The van der Waals surface area contributed by atoms with E-state index in [1.54, 1.807) is 17.8 Å². The highest BCUT2D eigenvalue weighted by atomic mass is 35.5. The number of alkyl halides is 3. The minimum absolute atomic E-state index is 0.0110. The van der Waals surface area contributed by atoms with E-state index in [9.17, 15) is 18.0 Å². The van der Waals surface area contributed by atoms with Crippen LogP contribution in [0.4, 0.5) is 13.2 Å². The lowest BCUT2D eigenvalue weighted by Crippen LogP contribution is -2.49. The van der Waals surface area contributed by atoms with Crippen molar-refractivity contribution in [3.05, 3.63) is 94.5 Å². The fourth-order valence-corrected chi connectivity index (χ4v) is 6.06. The molecule has 3 aromatic carbocycles. The highest BCUT2D eigenvalue weighted by Gasteiger charge is 2.44. The minimum atomic E-state index is -4.40. The third-order valence-electron chi connectivity index (χ3n) is 6.81. The Kier molecular flexibility index (Phi) is 7.22. The molecule has 2 fully saturated rings. The Hall–Kier alpha value is -2.64. The third-order valence-corrected chi connectivity index (χ3v) is 8.14. The van der Waals surface area contributed by atoms with E-state index >= 15 is 0 Å². The predicted octanol–water partition coefficient (Wildman–Crippen LogP) is 7.87. The van der Waals surface area contributed by atoms with Crippen LogP contribution in [0.1, 0.15) is 47.2 Å². The van der Waals surface area contributed by atoms with Crippen molar-refractivity contribution in [2.75, 3.05) is 0 Å². The van der Waals surface area contributed by atoms with Crippen LogP contribution in [-0.4, -0.2) is 29.0 Å². The molecule has 3 nitrogen and oxygen atoms in total. The van der Waals surface area contributed by atoms with Gasteiger partial charge in [-0.15, -0.1) is 11.8 Å². The Morgan fingerprint density at radius 1 is 0.972 bits per heavy atom. The summed E-state index contributed by atoms with van der Waals surface area (Å²) < 4.78 is 45.1. The number of ether oxygens (including phenoxy) is 1. The summed E-state index contributed by atoms with van der Waals surface area (Å²) in [5.41, 5.74) is 1.07. The van der Waals surface area contributed by atoms with Gasteiger partial charge in [0.15, 0.2) is 0 Å². The Bertz CT molecular complexity index is 1200. The van der Waals surface area contributed by atoms with Crippen LogP contribution >= 0.6 is 23.4 Å². The van der Waals surface area contributed by atoms with Crippen molar-refractivity contribution in [1.29, 1.82) is 0 Å². The van der Waals surface area contributed by atoms with Crippen LogP contribution in [0.3, 0.4) is 0 Å². The lowest BCUT2D eigenvalue weighted by Gasteiger charge is -2.39. The van der Waals surface area contributed by atoms with Crippen molar-refractivity contribution in [3.8, 4) is 5.75 Å². The normalized spacial score (nSPS) is 21.4. The van der Waals surface area contributed by atoms with Crippen molar-refractivity contribution in [3.63, 3.8) is 0 Å². The first-order valence-corrected chi connectivity index (χ1v) is 13.3. The summed E-state index contributed by atoms with van der Waals surface area (Å²) in [6.07, 6.45) is -1.60. The first-order chi connectivity index (χ1) is 17.3. The van der Waals surface area contributed by atoms with E-state index < -0.39 is 11.7 Å². The first kappa shape index (κ1) is 25.0. The maximum absolute atomic E-state index is 13.3. The number of nitrogens with zero attached hydrogens (tertiary/aromatic N) is 1. The number of benzene rings is 3. The summed E-state index contributed by atoms with van der Waals surface area (Å²) in [5.74, 6) is 1.03. The molecule has 2 bridgehead atoms. The second kappa shape index (κ2) is 10.4. The molecule has 0 aliphatic carbocycles. The van der Waals surface area contributed by atoms with Gasteiger partial charge < -0.3 is 9.64 Å². The van der Waals surface area contributed by atoms with E-state index in [4.69, 9.17) is 16.3 Å². The molecule has 2 heterocycles. The van der Waals surface area contributed by atoms with Crippen LogP contribution in [0.25, 0.3) is 0 Å². The number of carbonyl (C=O) groups is 1. The topological polar surface area (TPSA) is 29.5 Å². The van der Waals surface area contributed by atoms with E-state index in [0.717, 1.165) is 41.2 Å². The van der Waals surface area contributed by atoms with Gasteiger partial charge in [-0.25, -0.2) is 0 Å². The second-order valence-corrected chi connectivity index (χ2v) is 10.8. The highest BCUT2D eigenvalue weighted by molar-refractivity contribution is 7.98.